The fourth-order valence-corrected chi connectivity index (χ4v) is 3.27. The molecular formula is C15H19NO6. The first-order valence-electron chi connectivity index (χ1n) is 7.45. The molecule has 2 fully saturated rings. The highest BCUT2D eigenvalue weighted by atomic mass is 16.7. The molecule has 7 nitrogen and oxygen atoms in total. The zero-order chi connectivity index (χ0) is 16.0. The predicted molar refractivity (Wildman–Crippen MR) is 73.7 cm³/mol. The van der Waals surface area contributed by atoms with E-state index < -0.39 is 35.2 Å². The van der Waals surface area contributed by atoms with Gasteiger partial charge < -0.3 is 19.1 Å². The normalized spacial score (nSPS) is 36.3. The highest BCUT2D eigenvalue weighted by Crippen LogP contribution is 2.46. The number of piperidine rings is 1. The molecule has 3 heterocycles. The average Bonchev–Trinajstić information content (AvgIpc) is 2.73. The molecular weight excluding hydrogens is 290 g/mol. The monoisotopic (exact) mass is 309 g/mol. The van der Waals surface area contributed by atoms with Crippen LogP contribution < -0.4 is 0 Å². The number of hydrogen-bond donors (Lipinski definition) is 0. The van der Waals surface area contributed by atoms with Gasteiger partial charge in [0.25, 0.3) is 5.79 Å². The molecule has 0 saturated carbocycles. The summed E-state index contributed by atoms with van der Waals surface area (Å²) < 4.78 is 16.6. The van der Waals surface area contributed by atoms with Crippen molar-refractivity contribution < 1.29 is 28.6 Å². The molecule has 3 aliphatic rings. The van der Waals surface area contributed by atoms with Crippen molar-refractivity contribution in [1.29, 1.82) is 0 Å². The van der Waals surface area contributed by atoms with Crippen molar-refractivity contribution in [3.8, 4) is 0 Å². The van der Waals surface area contributed by atoms with Crippen molar-refractivity contribution in [2.75, 3.05) is 20.1 Å². The number of Topliss-reactive ketones (excluding diaryl/α,β-unsaturated/α-hetero) is 1. The van der Waals surface area contributed by atoms with Gasteiger partial charge in [-0.15, -0.1) is 0 Å². The molecule has 2 bridgehead atoms. The summed E-state index contributed by atoms with van der Waals surface area (Å²) in [5.41, 5.74) is -0.916. The Hall–Kier alpha value is -1.73. The summed E-state index contributed by atoms with van der Waals surface area (Å²) in [5, 5.41) is 0. The van der Waals surface area contributed by atoms with Gasteiger partial charge in [-0.1, -0.05) is 6.92 Å². The van der Waals surface area contributed by atoms with Crippen LogP contribution in [0.4, 0.5) is 0 Å². The zero-order valence-corrected chi connectivity index (χ0v) is 12.7. The Balaban J connectivity index is 2.02. The topological polar surface area (TPSA) is 82.1 Å². The van der Waals surface area contributed by atoms with Gasteiger partial charge >= 0.3 is 11.9 Å². The van der Waals surface area contributed by atoms with Gasteiger partial charge in [-0.25, -0.2) is 9.59 Å². The smallest absolute Gasteiger partial charge is 0.333 e. The number of hydrogen-bond acceptors (Lipinski definition) is 7. The Morgan fingerprint density at radius 3 is 2.45 bits per heavy atom. The van der Waals surface area contributed by atoms with Crippen molar-refractivity contribution in [3.05, 3.63) is 12.2 Å². The number of rotatable bonds is 1. The summed E-state index contributed by atoms with van der Waals surface area (Å²) in [6.07, 6.45) is 2.16. The van der Waals surface area contributed by atoms with Gasteiger partial charge in [0.15, 0.2) is 6.10 Å². The molecule has 7 heteroatoms. The molecule has 0 N–H and O–H groups in total. The summed E-state index contributed by atoms with van der Waals surface area (Å²) >= 11 is 0. The maximum absolute atomic E-state index is 12.8. The fourth-order valence-electron chi connectivity index (χ4n) is 3.27. The molecule has 2 unspecified atom stereocenters. The first-order valence-corrected chi connectivity index (χ1v) is 7.45. The van der Waals surface area contributed by atoms with E-state index in [1.807, 2.05) is 7.05 Å². The quantitative estimate of drug-likeness (QED) is 0.639. The lowest BCUT2D eigenvalue weighted by atomic mass is 9.85. The number of esters is 2. The standard InChI is InChI=1S/C15H19NO6/c1-3-15-12(19)13(20-10(17)4-5-11(18)21-15)14(22-15)6-8-16(2)9-7-14/h4-5,13H,3,6-9H2,1-2H3/b5-4-. The minimum atomic E-state index is -1.66. The molecule has 0 radical (unpaired) electrons. The second kappa shape index (κ2) is 5.17. The molecule has 3 aliphatic heterocycles. The molecule has 3 rings (SSSR count). The Bertz CT molecular complexity index is 548. The number of carbonyl (C=O) groups is 3. The Labute approximate surface area is 128 Å². The fraction of sp³-hybridized carbons (Fsp3) is 0.667. The maximum atomic E-state index is 12.8. The molecule has 0 amide bonds. The molecule has 0 aromatic carbocycles. The Morgan fingerprint density at radius 1 is 1.18 bits per heavy atom. The molecule has 22 heavy (non-hydrogen) atoms. The zero-order valence-electron chi connectivity index (χ0n) is 12.7. The van der Waals surface area contributed by atoms with E-state index in [0.717, 1.165) is 12.2 Å². The van der Waals surface area contributed by atoms with Crippen molar-refractivity contribution in [2.24, 2.45) is 0 Å². The van der Waals surface area contributed by atoms with Crippen molar-refractivity contribution in [1.82, 2.24) is 4.90 Å². The summed E-state index contributed by atoms with van der Waals surface area (Å²) in [4.78, 5) is 38.5. The van der Waals surface area contributed by atoms with Gasteiger partial charge in [-0.2, -0.15) is 0 Å². The Kier molecular flexibility index (Phi) is 3.57. The highest BCUT2D eigenvalue weighted by Gasteiger charge is 2.66. The largest absolute Gasteiger partial charge is 0.448 e. The van der Waals surface area contributed by atoms with E-state index in [1.165, 1.54) is 0 Å². The van der Waals surface area contributed by atoms with Crippen LogP contribution in [-0.4, -0.2) is 60.3 Å². The van der Waals surface area contributed by atoms with Crippen LogP contribution >= 0.6 is 0 Å². The van der Waals surface area contributed by atoms with Crippen molar-refractivity contribution in [3.63, 3.8) is 0 Å². The number of carbonyl (C=O) groups excluding carboxylic acids is 3. The van der Waals surface area contributed by atoms with Crippen molar-refractivity contribution in [2.45, 2.75) is 43.7 Å². The Morgan fingerprint density at radius 2 is 1.82 bits per heavy atom. The van der Waals surface area contributed by atoms with E-state index >= 15 is 0 Å². The van der Waals surface area contributed by atoms with Gasteiger partial charge in [0.1, 0.15) is 5.60 Å². The summed E-state index contributed by atoms with van der Waals surface area (Å²) in [7, 11) is 1.98. The van der Waals surface area contributed by atoms with Crippen LogP contribution in [0.2, 0.25) is 0 Å². The minimum Gasteiger partial charge on any atom is -0.448 e. The lowest BCUT2D eigenvalue weighted by molar-refractivity contribution is -0.248. The van der Waals surface area contributed by atoms with Crippen LogP contribution in [0.5, 0.6) is 0 Å². The van der Waals surface area contributed by atoms with E-state index in [-0.39, 0.29) is 6.42 Å². The third-order valence-corrected chi connectivity index (χ3v) is 4.61. The van der Waals surface area contributed by atoms with Gasteiger partial charge in [0.2, 0.25) is 5.78 Å². The lowest BCUT2D eigenvalue weighted by Crippen LogP contribution is -2.51. The summed E-state index contributed by atoms with van der Waals surface area (Å²) in [6, 6.07) is 0. The SMILES string of the molecule is CCC12OC(=O)/C=C\C(=O)OC(C1=O)C1(CCN(C)CC1)O2. The first kappa shape index (κ1) is 15.2. The third kappa shape index (κ3) is 2.24. The second-order valence-corrected chi connectivity index (χ2v) is 6.01. The van der Waals surface area contributed by atoms with E-state index in [1.54, 1.807) is 6.92 Å². The molecule has 1 spiro atoms. The number of likely N-dealkylation sites (tertiary alicyclic amines) is 1. The van der Waals surface area contributed by atoms with Crippen LogP contribution in [0.25, 0.3) is 0 Å². The van der Waals surface area contributed by atoms with E-state index in [9.17, 15) is 14.4 Å². The van der Waals surface area contributed by atoms with E-state index in [2.05, 4.69) is 4.90 Å². The second-order valence-electron chi connectivity index (χ2n) is 6.01. The van der Waals surface area contributed by atoms with Crippen LogP contribution in [0.1, 0.15) is 26.2 Å². The summed E-state index contributed by atoms with van der Waals surface area (Å²) in [6.45, 7) is 3.13. The minimum absolute atomic E-state index is 0.178. The van der Waals surface area contributed by atoms with Gasteiger partial charge in [0.05, 0.1) is 0 Å². The molecule has 2 atom stereocenters. The van der Waals surface area contributed by atoms with Gasteiger partial charge in [-0.05, 0) is 19.9 Å². The number of ether oxygens (including phenoxy) is 3. The summed E-state index contributed by atoms with van der Waals surface area (Å²) in [5.74, 6) is -3.65. The lowest BCUT2D eigenvalue weighted by Gasteiger charge is -2.40. The highest BCUT2D eigenvalue weighted by molar-refractivity contribution is 6.00. The van der Waals surface area contributed by atoms with Gasteiger partial charge in [-0.3, -0.25) is 4.79 Å². The number of nitrogens with zero attached hydrogens (tertiary/aromatic N) is 1. The maximum Gasteiger partial charge on any atom is 0.333 e. The van der Waals surface area contributed by atoms with Crippen LogP contribution in [0, 0.1) is 0 Å². The van der Waals surface area contributed by atoms with Crippen molar-refractivity contribution >= 4 is 17.7 Å². The number of fused-ring (bicyclic) bond motifs is 3. The van der Waals surface area contributed by atoms with E-state index in [4.69, 9.17) is 14.2 Å². The molecule has 0 aliphatic carbocycles. The molecule has 120 valence electrons. The van der Waals surface area contributed by atoms with Crippen LogP contribution in [0.15, 0.2) is 12.2 Å². The van der Waals surface area contributed by atoms with Gasteiger partial charge in [0, 0.05) is 31.7 Å². The van der Waals surface area contributed by atoms with E-state index in [0.29, 0.717) is 25.9 Å². The van der Waals surface area contributed by atoms with Crippen LogP contribution in [-0.2, 0) is 28.6 Å². The molecule has 0 aromatic heterocycles. The average molecular weight is 309 g/mol. The predicted octanol–water partition coefficient (Wildman–Crippen LogP) is 0.181. The molecule has 2 saturated heterocycles. The first-order chi connectivity index (χ1) is 10.4. The van der Waals surface area contributed by atoms with Crippen LogP contribution in [0.3, 0.4) is 0 Å². The number of ketones is 1. The molecule has 0 aromatic rings. The third-order valence-electron chi connectivity index (χ3n) is 4.61.